The zero-order chi connectivity index (χ0) is 17.9. The van der Waals surface area contributed by atoms with Crippen LogP contribution in [-0.4, -0.2) is 54.8 Å². The van der Waals surface area contributed by atoms with Gasteiger partial charge in [-0.05, 0) is 39.1 Å². The van der Waals surface area contributed by atoms with Crippen LogP contribution in [-0.2, 0) is 9.59 Å². The highest BCUT2D eigenvalue weighted by Crippen LogP contribution is 2.26. The van der Waals surface area contributed by atoms with Gasteiger partial charge >= 0.3 is 0 Å². The Labute approximate surface area is 144 Å². The molecule has 0 bridgehead atoms. The zero-order valence-electron chi connectivity index (χ0n) is 15.3. The van der Waals surface area contributed by atoms with Crippen LogP contribution in [0.25, 0.3) is 0 Å². The summed E-state index contributed by atoms with van der Waals surface area (Å²) in [5, 5.41) is 3.00. The van der Waals surface area contributed by atoms with Crippen molar-refractivity contribution in [2.75, 3.05) is 27.2 Å². The van der Waals surface area contributed by atoms with E-state index in [9.17, 15) is 9.59 Å². The molecule has 2 rings (SSSR count). The van der Waals surface area contributed by atoms with Crippen molar-refractivity contribution >= 4 is 11.8 Å². The summed E-state index contributed by atoms with van der Waals surface area (Å²) in [5.74, 6) is 0.771. The molecule has 0 radical (unpaired) electrons. The van der Waals surface area contributed by atoms with E-state index in [4.69, 9.17) is 4.42 Å². The molecule has 0 spiro atoms. The number of likely N-dealkylation sites (tertiary alicyclic amines) is 1. The first kappa shape index (κ1) is 18.5. The molecule has 0 aliphatic carbocycles. The Morgan fingerprint density at radius 3 is 2.67 bits per heavy atom. The van der Waals surface area contributed by atoms with Gasteiger partial charge < -0.3 is 14.6 Å². The molecule has 1 aliphatic heterocycles. The molecule has 1 fully saturated rings. The maximum Gasteiger partial charge on any atom is 0.242 e. The first-order valence-corrected chi connectivity index (χ1v) is 8.50. The van der Waals surface area contributed by atoms with Crippen LogP contribution in [0, 0.1) is 5.41 Å². The monoisotopic (exact) mass is 335 g/mol. The fourth-order valence-electron chi connectivity index (χ4n) is 3.05. The van der Waals surface area contributed by atoms with Gasteiger partial charge in [-0.25, -0.2) is 0 Å². The molecule has 6 heteroatoms. The maximum atomic E-state index is 12.6. The molecule has 134 valence electrons. The van der Waals surface area contributed by atoms with Gasteiger partial charge in [-0.1, -0.05) is 20.8 Å². The summed E-state index contributed by atoms with van der Waals surface area (Å²) in [5.41, 5.74) is -0.469. The highest BCUT2D eigenvalue weighted by atomic mass is 16.3. The molecule has 2 amide bonds. The molecular weight excluding hydrogens is 306 g/mol. The Kier molecular flexibility index (Phi) is 5.70. The van der Waals surface area contributed by atoms with E-state index in [1.165, 1.54) is 0 Å². The zero-order valence-corrected chi connectivity index (χ0v) is 15.3. The molecule has 2 heterocycles. The van der Waals surface area contributed by atoms with Crippen LogP contribution in [0.15, 0.2) is 22.8 Å². The van der Waals surface area contributed by atoms with Crippen LogP contribution in [0.2, 0.25) is 0 Å². The smallest absolute Gasteiger partial charge is 0.242 e. The van der Waals surface area contributed by atoms with Gasteiger partial charge in [-0.2, -0.15) is 0 Å². The lowest BCUT2D eigenvalue weighted by Crippen LogP contribution is -2.50. The number of nitrogens with zero attached hydrogens (tertiary/aromatic N) is 2. The van der Waals surface area contributed by atoms with Crippen LogP contribution in [0.4, 0.5) is 0 Å². The Morgan fingerprint density at radius 2 is 2.12 bits per heavy atom. The normalized spacial score (nSPS) is 19.6. The number of likely N-dealkylation sites (N-methyl/N-ethyl adjacent to an activating group) is 1. The number of hydrogen-bond acceptors (Lipinski definition) is 4. The minimum atomic E-state index is -0.469. The molecule has 2 atom stereocenters. The quantitative estimate of drug-likeness (QED) is 0.894. The van der Waals surface area contributed by atoms with Crippen LogP contribution in [0.1, 0.15) is 45.4 Å². The minimum absolute atomic E-state index is 0.0304. The van der Waals surface area contributed by atoms with E-state index < -0.39 is 5.41 Å². The van der Waals surface area contributed by atoms with E-state index in [1.807, 2.05) is 51.9 Å². The Bertz CT molecular complexity index is 561. The lowest BCUT2D eigenvalue weighted by molar-refractivity contribution is -0.144. The number of rotatable bonds is 5. The van der Waals surface area contributed by atoms with Crippen molar-refractivity contribution < 1.29 is 14.0 Å². The molecule has 0 saturated carbocycles. The van der Waals surface area contributed by atoms with Gasteiger partial charge in [0.1, 0.15) is 11.8 Å². The van der Waals surface area contributed by atoms with Gasteiger partial charge in [-0.15, -0.1) is 0 Å². The van der Waals surface area contributed by atoms with Crippen molar-refractivity contribution in [2.45, 2.75) is 45.7 Å². The van der Waals surface area contributed by atoms with Crippen molar-refractivity contribution in [3.8, 4) is 0 Å². The van der Waals surface area contributed by atoms with Gasteiger partial charge in [0, 0.05) is 18.5 Å². The van der Waals surface area contributed by atoms with E-state index in [0.717, 1.165) is 18.6 Å². The Morgan fingerprint density at radius 1 is 1.42 bits per heavy atom. The van der Waals surface area contributed by atoms with Gasteiger partial charge in [-0.3, -0.25) is 14.5 Å². The molecule has 6 nitrogen and oxygen atoms in total. The first-order chi connectivity index (χ1) is 11.2. The summed E-state index contributed by atoms with van der Waals surface area (Å²) in [7, 11) is 3.90. The van der Waals surface area contributed by atoms with E-state index >= 15 is 0 Å². The Hall–Kier alpha value is -1.82. The van der Waals surface area contributed by atoms with Gasteiger partial charge in [0.15, 0.2) is 0 Å². The minimum Gasteiger partial charge on any atom is -0.468 e. The van der Waals surface area contributed by atoms with Crippen molar-refractivity contribution in [2.24, 2.45) is 5.41 Å². The fraction of sp³-hybridized carbons (Fsp3) is 0.667. The SMILES string of the molecule is CN(C)[C@H](CNC(=O)[C@@H]1CCCN1C(=O)C(C)(C)C)c1ccco1. The topological polar surface area (TPSA) is 65.8 Å². The first-order valence-electron chi connectivity index (χ1n) is 8.50. The standard InChI is InChI=1S/C18H29N3O3/c1-18(2,3)17(23)21-10-6-8-13(21)16(22)19-12-14(20(4)5)15-9-7-11-24-15/h7,9,11,13-14H,6,8,10,12H2,1-5H3,(H,19,22)/t13-,14+/m0/s1. The summed E-state index contributed by atoms with van der Waals surface area (Å²) in [6.45, 7) is 6.78. The molecule has 1 aromatic rings. The van der Waals surface area contributed by atoms with Crippen LogP contribution >= 0.6 is 0 Å². The number of hydrogen-bond donors (Lipinski definition) is 1. The van der Waals surface area contributed by atoms with Gasteiger partial charge in [0.2, 0.25) is 11.8 Å². The van der Waals surface area contributed by atoms with Crippen molar-refractivity contribution in [1.29, 1.82) is 0 Å². The summed E-state index contributed by atoms with van der Waals surface area (Å²) < 4.78 is 5.46. The molecule has 1 N–H and O–H groups in total. The lowest BCUT2D eigenvalue weighted by atomic mass is 9.94. The van der Waals surface area contributed by atoms with E-state index in [-0.39, 0.29) is 23.9 Å². The van der Waals surface area contributed by atoms with Crippen molar-refractivity contribution in [3.05, 3.63) is 24.2 Å². The molecular formula is C18H29N3O3. The third-order valence-corrected chi connectivity index (χ3v) is 4.42. The van der Waals surface area contributed by atoms with Crippen molar-refractivity contribution in [3.63, 3.8) is 0 Å². The van der Waals surface area contributed by atoms with Crippen LogP contribution < -0.4 is 5.32 Å². The number of carbonyl (C=O) groups excluding carboxylic acids is 2. The van der Waals surface area contributed by atoms with E-state index in [1.54, 1.807) is 11.2 Å². The van der Waals surface area contributed by atoms with Gasteiger partial charge in [0.05, 0.1) is 12.3 Å². The third kappa shape index (κ3) is 4.17. The highest BCUT2D eigenvalue weighted by molar-refractivity contribution is 5.90. The summed E-state index contributed by atoms with van der Waals surface area (Å²) in [6, 6.07) is 3.35. The summed E-state index contributed by atoms with van der Waals surface area (Å²) in [6.07, 6.45) is 3.23. The Balaban J connectivity index is 1.99. The molecule has 0 aromatic carbocycles. The predicted molar refractivity (Wildman–Crippen MR) is 92.3 cm³/mol. The number of nitrogens with one attached hydrogen (secondary N) is 1. The summed E-state index contributed by atoms with van der Waals surface area (Å²) in [4.78, 5) is 28.9. The van der Waals surface area contributed by atoms with E-state index in [2.05, 4.69) is 5.32 Å². The largest absolute Gasteiger partial charge is 0.468 e. The summed E-state index contributed by atoms with van der Waals surface area (Å²) >= 11 is 0. The van der Waals surface area contributed by atoms with Crippen LogP contribution in [0.3, 0.4) is 0 Å². The molecule has 1 aliphatic rings. The highest BCUT2D eigenvalue weighted by Gasteiger charge is 2.38. The lowest BCUT2D eigenvalue weighted by Gasteiger charge is -2.31. The maximum absolute atomic E-state index is 12.6. The van der Waals surface area contributed by atoms with Gasteiger partial charge in [0.25, 0.3) is 0 Å². The third-order valence-electron chi connectivity index (χ3n) is 4.42. The molecule has 1 saturated heterocycles. The predicted octanol–water partition coefficient (Wildman–Crippen LogP) is 2.04. The average molecular weight is 335 g/mol. The number of furan rings is 1. The van der Waals surface area contributed by atoms with Crippen molar-refractivity contribution in [1.82, 2.24) is 15.1 Å². The molecule has 0 unspecified atom stereocenters. The second-order valence-electron chi connectivity index (χ2n) is 7.65. The van der Waals surface area contributed by atoms with E-state index in [0.29, 0.717) is 13.1 Å². The number of amides is 2. The molecule has 1 aromatic heterocycles. The number of carbonyl (C=O) groups is 2. The average Bonchev–Trinajstić information content (AvgIpc) is 3.16. The molecule has 24 heavy (non-hydrogen) atoms. The second-order valence-corrected chi connectivity index (χ2v) is 7.65. The fourth-order valence-corrected chi connectivity index (χ4v) is 3.05. The second kappa shape index (κ2) is 7.38. The van der Waals surface area contributed by atoms with Crippen LogP contribution in [0.5, 0.6) is 0 Å².